The SMILES string of the molecule is CCO[C@@H]1C[C@H]2C(=O)NC3(CCC3)C(=O)N(C)[C@@H](C3CCCC3)C(=O)N(CCC3CCCC3)[C@H](C(=O)N3CCOCC3)CC(=O)N(C)[C@@H](CC(C)C)C(=O)N[C@@H]([C@@H](C)CC)C(=O)N(C)CC(=O)N(C)[C@H]3CCCCN(C3=O)[C@@H](CC3CCC(C(F)(F)F)CC3)C(=O)N(C)CC(=O)N[C@@H](CCC3CC(F)C(C(F)(F)F)C(F)C3)C(=O)N2C1. The standard InChI is InChI=1S/C82H128F8N12O14/c1-11-50(5)69-77(112)95(7)48-67(105)96(8)60-24-17-18-34-100(76(60)111)63(43-52-25-28-55(29-26-52)81(85,86)87)74(109)94(6)47-65(103)91-59(30-27-53-41-57(83)68(58(84)42-53)82(88,89)90)73(108)102-46-56(116-12-2)44-62(102)72(107)93-80(32-19-33-80)79(114)98(10)70(54-22-15-16-23-54)78(113)101(35-31-51-20-13-14-21-51)64(75(110)99-36-38-115-39-37-99)45-66(104)97(9)61(40-49(3)4)71(106)92-69/h49-64,68-70H,11-48H2,1-10H3,(H,91,103)(H,92,106)(H,93,107)/t50-,52?,53?,55?,56+,57?,58?,59-,60-,61-,62-,63-,64-,68?,69-,70-/m0/s1. The second-order valence-corrected chi connectivity index (χ2v) is 35.4. The predicted octanol–water partition coefficient (Wildman–Crippen LogP) is 7.91. The van der Waals surface area contributed by atoms with E-state index in [9.17, 15) is 35.9 Å². The van der Waals surface area contributed by atoms with Crippen LogP contribution in [0.2, 0.25) is 0 Å². The van der Waals surface area contributed by atoms with Crippen molar-refractivity contribution in [2.75, 3.05) is 101 Å². The third-order valence-electron chi connectivity index (χ3n) is 26.9. The largest absolute Gasteiger partial charge is 0.397 e. The summed E-state index contributed by atoms with van der Waals surface area (Å²) < 4.78 is 128. The molecule has 656 valence electrons. The van der Waals surface area contributed by atoms with Crippen molar-refractivity contribution in [2.45, 2.75) is 299 Å². The number of nitrogens with one attached hydrogen (secondary N) is 3. The molecule has 0 aromatic heterocycles. The Bertz CT molecular complexity index is 3410. The van der Waals surface area contributed by atoms with Crippen LogP contribution in [0, 0.1) is 47.3 Å². The molecular weight excluding hydrogens is 1530 g/mol. The minimum absolute atomic E-state index is 0.000602. The summed E-state index contributed by atoms with van der Waals surface area (Å²) in [6.45, 7) is 7.70. The number of amides is 12. The average Bonchev–Trinajstić information content (AvgIpc) is 1.13. The highest BCUT2D eigenvalue weighted by molar-refractivity contribution is 6.01. The molecule has 0 radical (unpaired) electrons. The summed E-state index contributed by atoms with van der Waals surface area (Å²) >= 11 is 0. The molecule has 5 aliphatic carbocycles. The summed E-state index contributed by atoms with van der Waals surface area (Å²) in [5, 5.41) is 8.59. The third-order valence-corrected chi connectivity index (χ3v) is 26.9. The maximum absolute atomic E-state index is 16.5. The highest BCUT2D eigenvalue weighted by Gasteiger charge is 2.57. The van der Waals surface area contributed by atoms with Crippen LogP contribution in [-0.2, 0) is 67.0 Å². The van der Waals surface area contributed by atoms with Crippen molar-refractivity contribution in [3.63, 3.8) is 0 Å². The van der Waals surface area contributed by atoms with E-state index in [1.807, 2.05) is 13.8 Å². The molecule has 9 aliphatic rings. The molecule has 1 spiro atoms. The number of carbonyl (C=O) groups is 12. The van der Waals surface area contributed by atoms with Crippen LogP contribution in [0.1, 0.15) is 214 Å². The Balaban J connectivity index is 1.13. The fourth-order valence-electron chi connectivity index (χ4n) is 19.6. The number of nitrogens with zero attached hydrogens (tertiary/aromatic N) is 9. The zero-order chi connectivity index (χ0) is 85.0. The number of carbonyl (C=O) groups excluding carboxylic acids is 12. The lowest BCUT2D eigenvalue weighted by Crippen LogP contribution is -2.68. The van der Waals surface area contributed by atoms with Crippen molar-refractivity contribution in [1.82, 2.24) is 60.0 Å². The van der Waals surface area contributed by atoms with E-state index >= 15 is 56.7 Å². The number of hydrogen-bond donors (Lipinski definition) is 3. The van der Waals surface area contributed by atoms with Crippen LogP contribution in [0.5, 0.6) is 0 Å². The molecule has 0 aromatic carbocycles. The fraction of sp³-hybridized carbons (Fsp3) is 0.854. The van der Waals surface area contributed by atoms with Crippen molar-refractivity contribution >= 4 is 70.9 Å². The number of fused-ring (bicyclic) bond motifs is 3. The number of alkyl halides is 8. The van der Waals surface area contributed by atoms with Gasteiger partial charge in [0.05, 0.1) is 44.7 Å². The van der Waals surface area contributed by atoms with E-state index in [4.69, 9.17) is 9.47 Å². The molecule has 26 nitrogen and oxygen atoms in total. The molecule has 116 heavy (non-hydrogen) atoms. The molecule has 9 fully saturated rings. The van der Waals surface area contributed by atoms with Gasteiger partial charge in [-0.1, -0.05) is 72.6 Å². The summed E-state index contributed by atoms with van der Waals surface area (Å²) in [4.78, 5) is 197. The van der Waals surface area contributed by atoms with E-state index in [0.29, 0.717) is 51.4 Å². The lowest BCUT2D eigenvalue weighted by molar-refractivity contribution is -0.219. The number of halogens is 8. The van der Waals surface area contributed by atoms with Crippen molar-refractivity contribution < 1.29 is 102 Å². The first-order valence-electron chi connectivity index (χ1n) is 42.8. The van der Waals surface area contributed by atoms with Crippen molar-refractivity contribution in [3.8, 4) is 0 Å². The number of likely N-dealkylation sites (N-methyl/N-ethyl adjacent to an activating group) is 5. The van der Waals surface area contributed by atoms with Gasteiger partial charge in [0.15, 0.2) is 0 Å². The molecule has 12 amide bonds. The zero-order valence-corrected chi connectivity index (χ0v) is 69.6. The van der Waals surface area contributed by atoms with Crippen molar-refractivity contribution in [1.29, 1.82) is 0 Å². The first kappa shape index (κ1) is 92.9. The van der Waals surface area contributed by atoms with Gasteiger partial charge >= 0.3 is 12.4 Å². The van der Waals surface area contributed by atoms with Crippen LogP contribution >= 0.6 is 0 Å². The molecule has 0 aromatic rings. The van der Waals surface area contributed by atoms with Crippen LogP contribution in [0.15, 0.2) is 0 Å². The van der Waals surface area contributed by atoms with E-state index in [-0.39, 0.29) is 141 Å². The summed E-state index contributed by atoms with van der Waals surface area (Å²) in [6.07, 6.45) is -11.7. The summed E-state index contributed by atoms with van der Waals surface area (Å²) in [7, 11) is 6.86. The number of morpholine rings is 1. The van der Waals surface area contributed by atoms with E-state index < -0.39 is 230 Å². The molecular formula is C82H128F8N12O14. The third kappa shape index (κ3) is 22.7. The summed E-state index contributed by atoms with van der Waals surface area (Å²) in [6, 6.07) is -11.2. The van der Waals surface area contributed by atoms with Gasteiger partial charge in [0.1, 0.15) is 72.1 Å². The lowest BCUT2D eigenvalue weighted by Gasteiger charge is -2.47. The van der Waals surface area contributed by atoms with E-state index in [1.165, 1.54) is 54.8 Å². The normalized spacial score (nSPS) is 32.0. The van der Waals surface area contributed by atoms with Gasteiger partial charge in [-0.25, -0.2) is 8.78 Å². The highest BCUT2D eigenvalue weighted by Crippen LogP contribution is 2.46. The number of ether oxygens (including phenoxy) is 2. The van der Waals surface area contributed by atoms with E-state index in [1.54, 1.807) is 25.7 Å². The predicted molar refractivity (Wildman–Crippen MR) is 411 cm³/mol. The van der Waals surface area contributed by atoms with Gasteiger partial charge in [-0.15, -0.1) is 0 Å². The van der Waals surface area contributed by atoms with Crippen molar-refractivity contribution in [2.24, 2.45) is 47.3 Å². The Morgan fingerprint density at radius 3 is 1.79 bits per heavy atom. The van der Waals surface area contributed by atoms with Gasteiger partial charge in [-0.05, 0) is 164 Å². The molecule has 4 aliphatic heterocycles. The number of rotatable bonds is 16. The van der Waals surface area contributed by atoms with Gasteiger partial charge in [-0.2, -0.15) is 26.3 Å². The van der Waals surface area contributed by atoms with Gasteiger partial charge in [0.2, 0.25) is 70.9 Å². The van der Waals surface area contributed by atoms with E-state index in [2.05, 4.69) is 16.0 Å². The summed E-state index contributed by atoms with van der Waals surface area (Å²) in [5.41, 5.74) is -1.70. The molecule has 9 rings (SSSR count). The van der Waals surface area contributed by atoms with E-state index in [0.717, 1.165) is 45.3 Å². The second kappa shape index (κ2) is 40.8. The molecule has 2 bridgehead atoms. The Hall–Kier alpha value is -7.00. The second-order valence-electron chi connectivity index (χ2n) is 35.4. The molecule has 3 N–H and O–H groups in total. The Kier molecular flexibility index (Phi) is 32.7. The van der Waals surface area contributed by atoms with Gasteiger partial charge in [0, 0.05) is 81.0 Å². The maximum atomic E-state index is 16.5. The van der Waals surface area contributed by atoms with Crippen molar-refractivity contribution in [3.05, 3.63) is 0 Å². The van der Waals surface area contributed by atoms with Crippen LogP contribution in [0.4, 0.5) is 35.1 Å². The molecule has 4 saturated heterocycles. The van der Waals surface area contributed by atoms with Crippen LogP contribution in [0.25, 0.3) is 0 Å². The van der Waals surface area contributed by atoms with Gasteiger partial charge < -0.3 is 69.5 Å². The number of hydrogen-bond acceptors (Lipinski definition) is 14. The average molecular weight is 1660 g/mol. The monoisotopic (exact) mass is 1660 g/mol. The zero-order valence-electron chi connectivity index (χ0n) is 69.6. The molecule has 34 heteroatoms. The Morgan fingerprint density at radius 1 is 0.586 bits per heavy atom. The highest BCUT2D eigenvalue weighted by atomic mass is 19.4. The first-order chi connectivity index (χ1) is 54.8. The summed E-state index contributed by atoms with van der Waals surface area (Å²) in [5.74, 6) is -16.4. The molecule has 12 atom stereocenters. The molecule has 4 heterocycles. The fourth-order valence-corrected chi connectivity index (χ4v) is 19.6. The first-order valence-corrected chi connectivity index (χ1v) is 42.8. The molecule has 2 unspecified atom stereocenters. The molecule has 5 saturated carbocycles. The maximum Gasteiger partial charge on any atom is 0.397 e. The quantitative estimate of drug-likeness (QED) is 0.124. The van der Waals surface area contributed by atoms with Gasteiger partial charge in [-0.3, -0.25) is 57.5 Å². The minimum atomic E-state index is -5.22. The van der Waals surface area contributed by atoms with Crippen LogP contribution < -0.4 is 16.0 Å². The Morgan fingerprint density at radius 2 is 1.21 bits per heavy atom. The van der Waals surface area contributed by atoms with Gasteiger partial charge in [0.25, 0.3) is 0 Å². The minimum Gasteiger partial charge on any atom is -0.378 e. The van der Waals surface area contributed by atoms with Crippen LogP contribution in [-0.4, -0.2) is 301 Å². The van der Waals surface area contributed by atoms with Crippen LogP contribution in [0.3, 0.4) is 0 Å². The Labute approximate surface area is 677 Å². The lowest BCUT2D eigenvalue weighted by atomic mass is 9.74. The topological polar surface area (TPSA) is 289 Å². The smallest absolute Gasteiger partial charge is 0.378 e.